The molecule has 7 heteroatoms. The monoisotopic (exact) mass is 311 g/mol. The van der Waals surface area contributed by atoms with Gasteiger partial charge in [-0.05, 0) is 43.9 Å². The van der Waals surface area contributed by atoms with Crippen LogP contribution < -0.4 is 10.6 Å². The second kappa shape index (κ2) is 6.48. The molecule has 2 aromatic rings. The second-order valence-electron chi connectivity index (χ2n) is 5.71. The first-order chi connectivity index (χ1) is 11.2. The molecular weight excluding hydrogens is 294 g/mol. The molecule has 1 fully saturated rings. The lowest BCUT2D eigenvalue weighted by Crippen LogP contribution is -2.39. The van der Waals surface area contributed by atoms with Crippen molar-refractivity contribution in [3.05, 3.63) is 30.1 Å². The van der Waals surface area contributed by atoms with Crippen LogP contribution >= 0.6 is 0 Å². The van der Waals surface area contributed by atoms with E-state index >= 15 is 0 Å². The predicted octanol–water partition coefficient (Wildman–Crippen LogP) is 2.49. The fraction of sp³-hybridized carbons (Fsp3) is 0.375. The number of carboxylic acid groups (broad SMARTS) is 1. The van der Waals surface area contributed by atoms with E-state index in [2.05, 4.69) is 26.7 Å². The predicted molar refractivity (Wildman–Crippen MR) is 85.1 cm³/mol. The molecule has 0 aliphatic heterocycles. The van der Waals surface area contributed by atoms with Gasteiger partial charge in [-0.15, -0.1) is 0 Å². The van der Waals surface area contributed by atoms with Crippen LogP contribution in [0.3, 0.4) is 0 Å². The SMILES string of the molecule is N#Cc1ccc2ncnc(NC3CCC(NC(=O)O)CC3)c2c1. The third-order valence-corrected chi connectivity index (χ3v) is 4.16. The molecule has 1 amide bonds. The third kappa shape index (κ3) is 3.48. The molecule has 3 N–H and O–H groups in total. The molecule has 1 saturated carbocycles. The number of amides is 1. The van der Waals surface area contributed by atoms with Crippen molar-refractivity contribution in [3.63, 3.8) is 0 Å². The van der Waals surface area contributed by atoms with E-state index in [-0.39, 0.29) is 12.1 Å². The summed E-state index contributed by atoms with van der Waals surface area (Å²) in [5.74, 6) is 0.724. The molecule has 7 nitrogen and oxygen atoms in total. The number of benzene rings is 1. The Hall–Kier alpha value is -2.88. The summed E-state index contributed by atoms with van der Waals surface area (Å²) >= 11 is 0. The van der Waals surface area contributed by atoms with Crippen molar-refractivity contribution in [2.45, 2.75) is 37.8 Å². The highest BCUT2D eigenvalue weighted by Crippen LogP contribution is 2.25. The lowest BCUT2D eigenvalue weighted by atomic mass is 9.91. The van der Waals surface area contributed by atoms with Gasteiger partial charge in [0.2, 0.25) is 0 Å². The number of aromatic nitrogens is 2. The lowest BCUT2D eigenvalue weighted by Gasteiger charge is -2.29. The molecule has 1 aromatic heterocycles. The molecule has 1 aliphatic carbocycles. The van der Waals surface area contributed by atoms with Crippen molar-refractivity contribution >= 4 is 22.8 Å². The number of hydrogen-bond donors (Lipinski definition) is 3. The summed E-state index contributed by atoms with van der Waals surface area (Å²) in [5, 5.41) is 24.6. The number of nitrogens with zero attached hydrogens (tertiary/aromatic N) is 3. The minimum atomic E-state index is -0.966. The number of anilines is 1. The van der Waals surface area contributed by atoms with Gasteiger partial charge < -0.3 is 15.7 Å². The maximum atomic E-state index is 10.7. The maximum absolute atomic E-state index is 10.7. The summed E-state index contributed by atoms with van der Waals surface area (Å²) in [5.41, 5.74) is 1.37. The van der Waals surface area contributed by atoms with Crippen molar-refractivity contribution in [2.24, 2.45) is 0 Å². The Balaban J connectivity index is 1.73. The van der Waals surface area contributed by atoms with Gasteiger partial charge in [0.1, 0.15) is 12.1 Å². The Morgan fingerprint density at radius 2 is 1.96 bits per heavy atom. The van der Waals surface area contributed by atoms with Crippen LogP contribution in [0.5, 0.6) is 0 Å². The van der Waals surface area contributed by atoms with Crippen LogP contribution in [0.1, 0.15) is 31.2 Å². The Kier molecular flexibility index (Phi) is 4.24. The number of hydrogen-bond acceptors (Lipinski definition) is 5. The number of fused-ring (bicyclic) bond motifs is 1. The Morgan fingerprint density at radius 3 is 2.65 bits per heavy atom. The quantitative estimate of drug-likeness (QED) is 0.803. The number of nitriles is 1. The minimum Gasteiger partial charge on any atom is -0.465 e. The number of rotatable bonds is 3. The van der Waals surface area contributed by atoms with Gasteiger partial charge in [-0.2, -0.15) is 5.26 Å². The molecule has 0 bridgehead atoms. The smallest absolute Gasteiger partial charge is 0.404 e. The van der Waals surface area contributed by atoms with Crippen molar-refractivity contribution in [3.8, 4) is 6.07 Å². The summed E-state index contributed by atoms with van der Waals surface area (Å²) in [4.78, 5) is 19.2. The Bertz CT molecular complexity index is 763. The van der Waals surface area contributed by atoms with E-state index in [1.54, 1.807) is 12.1 Å². The van der Waals surface area contributed by atoms with Gasteiger partial charge in [0.25, 0.3) is 0 Å². The first kappa shape index (κ1) is 15.0. The lowest BCUT2D eigenvalue weighted by molar-refractivity contribution is 0.185. The molecule has 3 rings (SSSR count). The highest BCUT2D eigenvalue weighted by Gasteiger charge is 2.22. The van der Waals surface area contributed by atoms with Crippen LogP contribution in [0.15, 0.2) is 24.5 Å². The highest BCUT2D eigenvalue weighted by molar-refractivity contribution is 5.89. The molecule has 0 saturated heterocycles. The van der Waals surface area contributed by atoms with Crippen LogP contribution in [0, 0.1) is 11.3 Å². The van der Waals surface area contributed by atoms with Gasteiger partial charge in [0.05, 0.1) is 17.1 Å². The van der Waals surface area contributed by atoms with Gasteiger partial charge in [-0.25, -0.2) is 14.8 Å². The fourth-order valence-corrected chi connectivity index (χ4v) is 2.99. The van der Waals surface area contributed by atoms with Crippen molar-refractivity contribution in [1.29, 1.82) is 5.26 Å². The van der Waals surface area contributed by atoms with E-state index in [9.17, 15) is 4.79 Å². The largest absolute Gasteiger partial charge is 0.465 e. The molecule has 0 spiro atoms. The summed E-state index contributed by atoms with van der Waals surface area (Å²) in [6.07, 6.45) is 3.89. The molecule has 0 atom stereocenters. The average molecular weight is 311 g/mol. The van der Waals surface area contributed by atoms with Gasteiger partial charge in [-0.3, -0.25) is 0 Å². The van der Waals surface area contributed by atoms with E-state index < -0.39 is 6.09 Å². The second-order valence-corrected chi connectivity index (χ2v) is 5.71. The van der Waals surface area contributed by atoms with Gasteiger partial charge in [0.15, 0.2) is 0 Å². The molecule has 1 aromatic carbocycles. The molecule has 0 radical (unpaired) electrons. The summed E-state index contributed by atoms with van der Waals surface area (Å²) in [6.45, 7) is 0. The highest BCUT2D eigenvalue weighted by atomic mass is 16.4. The minimum absolute atomic E-state index is 0.0258. The van der Waals surface area contributed by atoms with Crippen LogP contribution in [-0.4, -0.2) is 33.3 Å². The van der Waals surface area contributed by atoms with E-state index in [4.69, 9.17) is 10.4 Å². The normalized spacial score (nSPS) is 20.7. The molecule has 23 heavy (non-hydrogen) atoms. The summed E-state index contributed by atoms with van der Waals surface area (Å²) in [6, 6.07) is 7.73. The molecular formula is C16H17N5O2. The first-order valence-electron chi connectivity index (χ1n) is 7.56. The summed E-state index contributed by atoms with van der Waals surface area (Å²) < 4.78 is 0. The Morgan fingerprint density at radius 1 is 1.22 bits per heavy atom. The van der Waals surface area contributed by atoms with Gasteiger partial charge >= 0.3 is 6.09 Å². The van der Waals surface area contributed by atoms with E-state index in [0.717, 1.165) is 42.4 Å². The standard InChI is InChI=1S/C16H17N5O2/c17-8-10-1-6-14-13(7-10)15(19-9-18-14)20-11-2-4-12(5-3-11)21-16(22)23/h1,6-7,9,11-12,21H,2-5H2,(H,22,23)(H,18,19,20). The zero-order valence-electron chi connectivity index (χ0n) is 12.5. The fourth-order valence-electron chi connectivity index (χ4n) is 2.99. The molecule has 0 unspecified atom stereocenters. The first-order valence-corrected chi connectivity index (χ1v) is 7.56. The van der Waals surface area contributed by atoms with Crippen molar-refractivity contribution < 1.29 is 9.90 Å². The zero-order chi connectivity index (χ0) is 16.2. The van der Waals surface area contributed by atoms with Crippen LogP contribution in [-0.2, 0) is 0 Å². The van der Waals surface area contributed by atoms with Crippen LogP contribution in [0.2, 0.25) is 0 Å². The number of carbonyl (C=O) groups is 1. The van der Waals surface area contributed by atoms with Crippen LogP contribution in [0.25, 0.3) is 10.9 Å². The maximum Gasteiger partial charge on any atom is 0.404 e. The van der Waals surface area contributed by atoms with E-state index in [1.165, 1.54) is 6.33 Å². The topological polar surface area (TPSA) is 111 Å². The van der Waals surface area contributed by atoms with Crippen LogP contribution in [0.4, 0.5) is 10.6 Å². The van der Waals surface area contributed by atoms with E-state index in [1.807, 2.05) is 6.07 Å². The zero-order valence-corrected chi connectivity index (χ0v) is 12.5. The van der Waals surface area contributed by atoms with Crippen molar-refractivity contribution in [2.75, 3.05) is 5.32 Å². The Labute approximate surface area is 133 Å². The van der Waals surface area contributed by atoms with Gasteiger partial charge in [0, 0.05) is 17.5 Å². The molecule has 118 valence electrons. The van der Waals surface area contributed by atoms with E-state index in [0.29, 0.717) is 5.56 Å². The average Bonchev–Trinajstić information content (AvgIpc) is 2.56. The summed E-state index contributed by atoms with van der Waals surface area (Å²) in [7, 11) is 0. The molecule has 1 aliphatic rings. The van der Waals surface area contributed by atoms with Gasteiger partial charge in [-0.1, -0.05) is 0 Å². The van der Waals surface area contributed by atoms with Crippen molar-refractivity contribution in [1.82, 2.24) is 15.3 Å². The third-order valence-electron chi connectivity index (χ3n) is 4.16. The molecule has 1 heterocycles. The number of nitrogens with one attached hydrogen (secondary N) is 2.